The Morgan fingerprint density at radius 3 is 2.23 bits per heavy atom. The number of aryl methyl sites for hydroxylation is 2. The van der Waals surface area contributed by atoms with Crippen molar-refractivity contribution in [3.8, 4) is 5.75 Å². The predicted octanol–water partition coefficient (Wildman–Crippen LogP) is 5.56. The predicted molar refractivity (Wildman–Crippen MR) is 150 cm³/mol. The lowest BCUT2D eigenvalue weighted by atomic mass is 10.00. The van der Waals surface area contributed by atoms with Crippen LogP contribution in [0.25, 0.3) is 5.70 Å². The molecule has 1 aliphatic heterocycles. The smallest absolute Gasteiger partial charge is 0.265 e. The van der Waals surface area contributed by atoms with Gasteiger partial charge in [-0.2, -0.15) is 0 Å². The van der Waals surface area contributed by atoms with Gasteiger partial charge in [0.2, 0.25) is 5.78 Å². The molecule has 2 N–H and O–H groups in total. The number of carbonyl (C=O) groups is 2. The molecule has 0 saturated carbocycles. The number of sulfonamides is 1. The third-order valence-electron chi connectivity index (χ3n) is 6.59. The molecular weight excluding hydrogens is 512 g/mol. The molecule has 1 heterocycles. The minimum atomic E-state index is -4.31. The molecule has 8 heteroatoms. The van der Waals surface area contributed by atoms with Gasteiger partial charge in [0.05, 0.1) is 22.8 Å². The summed E-state index contributed by atoms with van der Waals surface area (Å²) in [6.45, 7) is 3.11. The van der Waals surface area contributed by atoms with Crippen LogP contribution in [-0.2, 0) is 10.0 Å². The molecule has 0 amide bonds. The SMILES string of the molecule is Cc1ccc(C(=O)CN2C(C(=O)c3ccccc3)=C(Nc3ccccc3O)c3ccccc3S2(=O)=O)c(C)c1. The summed E-state index contributed by atoms with van der Waals surface area (Å²) in [4.78, 5) is 27.6. The second-order valence-electron chi connectivity index (χ2n) is 9.31. The number of allylic oxidation sites excluding steroid dienone is 1. The molecule has 1 aliphatic rings. The molecule has 5 rings (SSSR count). The van der Waals surface area contributed by atoms with Crippen LogP contribution in [0, 0.1) is 13.8 Å². The maximum atomic E-state index is 14.0. The van der Waals surface area contributed by atoms with Gasteiger partial charge in [0.15, 0.2) is 5.78 Å². The first kappa shape index (κ1) is 25.9. The number of nitrogens with one attached hydrogen (secondary N) is 1. The van der Waals surface area contributed by atoms with Crippen molar-refractivity contribution in [2.24, 2.45) is 0 Å². The zero-order chi connectivity index (χ0) is 27.7. The molecule has 0 radical (unpaired) electrons. The normalized spacial score (nSPS) is 14.1. The van der Waals surface area contributed by atoms with Gasteiger partial charge in [-0.15, -0.1) is 0 Å². The van der Waals surface area contributed by atoms with E-state index in [0.717, 1.165) is 9.87 Å². The first-order valence-electron chi connectivity index (χ1n) is 12.3. The molecule has 0 spiro atoms. The van der Waals surface area contributed by atoms with Crippen LogP contribution in [0.1, 0.15) is 37.4 Å². The highest BCUT2D eigenvalue weighted by Gasteiger charge is 2.41. The van der Waals surface area contributed by atoms with Gasteiger partial charge in [-0.3, -0.25) is 13.9 Å². The molecule has 0 fully saturated rings. The number of fused-ring (bicyclic) bond motifs is 1. The number of benzene rings is 4. The summed E-state index contributed by atoms with van der Waals surface area (Å²) < 4.78 is 28.9. The van der Waals surface area contributed by atoms with Gasteiger partial charge in [-0.25, -0.2) is 8.42 Å². The van der Waals surface area contributed by atoms with Crippen molar-refractivity contribution in [2.45, 2.75) is 18.7 Å². The maximum absolute atomic E-state index is 14.0. The molecule has 0 saturated heterocycles. The van der Waals surface area contributed by atoms with E-state index in [2.05, 4.69) is 5.32 Å². The molecule has 196 valence electrons. The van der Waals surface area contributed by atoms with E-state index >= 15 is 0 Å². The molecule has 0 unspecified atom stereocenters. The van der Waals surface area contributed by atoms with Crippen molar-refractivity contribution in [3.05, 3.63) is 131 Å². The van der Waals surface area contributed by atoms with Gasteiger partial charge >= 0.3 is 0 Å². The van der Waals surface area contributed by atoms with Crippen LogP contribution >= 0.6 is 0 Å². The maximum Gasteiger partial charge on any atom is 0.265 e. The number of para-hydroxylation sites is 2. The molecule has 7 nitrogen and oxygen atoms in total. The van der Waals surface area contributed by atoms with E-state index in [9.17, 15) is 23.1 Å². The number of ketones is 2. The molecule has 39 heavy (non-hydrogen) atoms. The molecule has 0 aromatic heterocycles. The lowest BCUT2D eigenvalue weighted by Gasteiger charge is -2.33. The summed E-state index contributed by atoms with van der Waals surface area (Å²) in [5.74, 6) is -1.11. The number of phenols is 1. The molecule has 0 aliphatic carbocycles. The Hall–Kier alpha value is -4.69. The van der Waals surface area contributed by atoms with Crippen LogP contribution in [0.3, 0.4) is 0 Å². The zero-order valence-corrected chi connectivity index (χ0v) is 22.2. The Balaban J connectivity index is 1.75. The van der Waals surface area contributed by atoms with Gasteiger partial charge in [0.1, 0.15) is 11.4 Å². The standard InChI is InChI=1S/C31H26N2O5S/c1-20-16-17-23(21(2)18-20)27(35)19-33-30(31(36)22-10-4-3-5-11-22)29(32-25-13-7-8-14-26(25)34)24-12-6-9-15-28(24)39(33,37)38/h3-18,32,34H,19H2,1-2H3. The summed E-state index contributed by atoms with van der Waals surface area (Å²) in [7, 11) is -4.31. The number of Topliss-reactive ketones (excluding diaryl/α,β-unsaturated/α-hetero) is 2. The van der Waals surface area contributed by atoms with Gasteiger partial charge < -0.3 is 10.4 Å². The summed E-state index contributed by atoms with van der Waals surface area (Å²) in [6, 6.07) is 26.3. The summed E-state index contributed by atoms with van der Waals surface area (Å²) >= 11 is 0. The van der Waals surface area contributed by atoms with Crippen molar-refractivity contribution < 1.29 is 23.1 Å². The lowest BCUT2D eigenvalue weighted by molar-refractivity contribution is 0.0958. The lowest BCUT2D eigenvalue weighted by Crippen LogP contribution is -2.42. The second-order valence-corrected chi connectivity index (χ2v) is 11.1. The third kappa shape index (κ3) is 4.82. The van der Waals surface area contributed by atoms with Crippen molar-refractivity contribution in [3.63, 3.8) is 0 Å². The number of hydrogen-bond acceptors (Lipinski definition) is 6. The third-order valence-corrected chi connectivity index (χ3v) is 8.40. The van der Waals surface area contributed by atoms with Gasteiger partial charge in [0.25, 0.3) is 10.0 Å². The van der Waals surface area contributed by atoms with E-state index in [0.29, 0.717) is 11.1 Å². The number of nitrogens with zero attached hydrogens (tertiary/aromatic N) is 1. The minimum absolute atomic E-state index is 0.0547. The van der Waals surface area contributed by atoms with Crippen molar-refractivity contribution >= 4 is 33.0 Å². The summed E-state index contributed by atoms with van der Waals surface area (Å²) in [5, 5.41) is 13.6. The Kier molecular flexibility index (Phi) is 6.80. The number of phenolic OH excluding ortho intramolecular Hbond substituents is 1. The quantitative estimate of drug-likeness (QED) is 0.236. The van der Waals surface area contributed by atoms with Crippen LogP contribution in [0.5, 0.6) is 5.75 Å². The van der Waals surface area contributed by atoms with Crippen molar-refractivity contribution in [1.82, 2.24) is 4.31 Å². The summed E-state index contributed by atoms with van der Waals surface area (Å²) in [6.07, 6.45) is 0. The average molecular weight is 539 g/mol. The van der Waals surface area contributed by atoms with Crippen LogP contribution < -0.4 is 5.32 Å². The Morgan fingerprint density at radius 1 is 0.846 bits per heavy atom. The van der Waals surface area contributed by atoms with E-state index in [1.165, 1.54) is 12.1 Å². The molecule has 4 aromatic carbocycles. The number of hydrogen-bond donors (Lipinski definition) is 2. The first-order valence-corrected chi connectivity index (χ1v) is 13.7. The molecular formula is C31H26N2O5S. The molecule has 0 atom stereocenters. The van der Waals surface area contributed by atoms with Gasteiger partial charge in [-0.1, -0.05) is 84.4 Å². The van der Waals surface area contributed by atoms with E-state index in [1.54, 1.807) is 85.8 Å². The van der Waals surface area contributed by atoms with Crippen molar-refractivity contribution in [1.29, 1.82) is 0 Å². The number of rotatable bonds is 7. The van der Waals surface area contributed by atoms with Crippen LogP contribution in [-0.4, -0.2) is 35.9 Å². The van der Waals surface area contributed by atoms with Crippen LogP contribution in [0.15, 0.2) is 108 Å². The highest BCUT2D eigenvalue weighted by atomic mass is 32.2. The van der Waals surface area contributed by atoms with Crippen LogP contribution in [0.2, 0.25) is 0 Å². The van der Waals surface area contributed by atoms with E-state index in [1.807, 2.05) is 13.0 Å². The Labute approximate surface area is 227 Å². The number of anilines is 1. The average Bonchev–Trinajstić information content (AvgIpc) is 2.92. The topological polar surface area (TPSA) is 104 Å². The van der Waals surface area contributed by atoms with E-state index in [4.69, 9.17) is 0 Å². The highest BCUT2D eigenvalue weighted by molar-refractivity contribution is 7.89. The van der Waals surface area contributed by atoms with Gasteiger partial charge in [-0.05, 0) is 37.6 Å². The molecule has 4 aromatic rings. The monoisotopic (exact) mass is 538 g/mol. The second kappa shape index (κ2) is 10.2. The largest absolute Gasteiger partial charge is 0.506 e. The fraction of sp³-hybridized carbons (Fsp3) is 0.0968. The Morgan fingerprint density at radius 2 is 1.51 bits per heavy atom. The van der Waals surface area contributed by atoms with E-state index < -0.39 is 28.1 Å². The number of carbonyl (C=O) groups excluding carboxylic acids is 2. The van der Waals surface area contributed by atoms with E-state index in [-0.39, 0.29) is 38.9 Å². The fourth-order valence-corrected chi connectivity index (χ4v) is 6.33. The molecule has 0 bridgehead atoms. The van der Waals surface area contributed by atoms with Gasteiger partial charge in [0, 0.05) is 16.7 Å². The Bertz CT molecular complexity index is 1740. The van der Waals surface area contributed by atoms with Crippen molar-refractivity contribution in [2.75, 3.05) is 11.9 Å². The first-order chi connectivity index (χ1) is 18.7. The fourth-order valence-electron chi connectivity index (χ4n) is 4.69. The highest BCUT2D eigenvalue weighted by Crippen LogP contribution is 2.40. The number of aromatic hydroxyl groups is 1. The van der Waals surface area contributed by atoms with Crippen LogP contribution in [0.4, 0.5) is 5.69 Å². The zero-order valence-electron chi connectivity index (χ0n) is 21.4. The summed E-state index contributed by atoms with van der Waals surface area (Å²) in [5.41, 5.74) is 2.81. The minimum Gasteiger partial charge on any atom is -0.506 e.